The van der Waals surface area contributed by atoms with Crippen LogP contribution in [0.4, 0.5) is 0 Å². The van der Waals surface area contributed by atoms with Gasteiger partial charge in [-0.25, -0.2) is 0 Å². The number of carbonyl (C=O) groups is 1. The van der Waals surface area contributed by atoms with Crippen LogP contribution >= 0.6 is 0 Å². The first kappa shape index (κ1) is 11.4. The van der Waals surface area contributed by atoms with E-state index in [2.05, 4.69) is 26.1 Å². The van der Waals surface area contributed by atoms with Crippen molar-refractivity contribution in [3.8, 4) is 0 Å². The SMILES string of the molecule is CCC(C)(CC)NC(=O)CCN. The summed E-state index contributed by atoms with van der Waals surface area (Å²) in [7, 11) is 0. The van der Waals surface area contributed by atoms with Gasteiger partial charge in [0.15, 0.2) is 0 Å². The summed E-state index contributed by atoms with van der Waals surface area (Å²) in [6.45, 7) is 6.63. The van der Waals surface area contributed by atoms with E-state index in [1.165, 1.54) is 0 Å². The van der Waals surface area contributed by atoms with Crippen LogP contribution in [-0.2, 0) is 4.79 Å². The molecule has 0 unspecified atom stereocenters. The molecular weight excluding hydrogens is 152 g/mol. The average molecular weight is 172 g/mol. The molecule has 72 valence electrons. The largest absolute Gasteiger partial charge is 0.351 e. The van der Waals surface area contributed by atoms with Crippen molar-refractivity contribution >= 4 is 5.91 Å². The van der Waals surface area contributed by atoms with Crippen LogP contribution in [0.5, 0.6) is 0 Å². The Balaban J connectivity index is 3.93. The maximum atomic E-state index is 11.2. The van der Waals surface area contributed by atoms with Gasteiger partial charge in [0, 0.05) is 18.5 Å². The van der Waals surface area contributed by atoms with Crippen molar-refractivity contribution in [1.29, 1.82) is 0 Å². The summed E-state index contributed by atoms with van der Waals surface area (Å²) in [6.07, 6.45) is 2.34. The Kier molecular flexibility index (Phi) is 4.90. The molecule has 3 nitrogen and oxygen atoms in total. The van der Waals surface area contributed by atoms with Crippen LogP contribution in [0.3, 0.4) is 0 Å². The molecule has 0 radical (unpaired) electrons. The Labute approximate surface area is 74.7 Å². The summed E-state index contributed by atoms with van der Waals surface area (Å²) >= 11 is 0. The first-order chi connectivity index (χ1) is 5.58. The van der Waals surface area contributed by atoms with Gasteiger partial charge in [-0.1, -0.05) is 13.8 Å². The molecule has 3 N–H and O–H groups in total. The van der Waals surface area contributed by atoms with E-state index in [1.807, 2.05) is 0 Å². The fourth-order valence-corrected chi connectivity index (χ4v) is 0.957. The Morgan fingerprint density at radius 1 is 1.42 bits per heavy atom. The first-order valence-corrected chi connectivity index (χ1v) is 4.59. The number of hydrogen-bond acceptors (Lipinski definition) is 2. The third-order valence-electron chi connectivity index (χ3n) is 2.37. The molecule has 0 aromatic heterocycles. The molecule has 0 spiro atoms. The monoisotopic (exact) mass is 172 g/mol. The van der Waals surface area contributed by atoms with Crippen LogP contribution in [0.1, 0.15) is 40.0 Å². The molecule has 0 aromatic rings. The second-order valence-electron chi connectivity index (χ2n) is 3.35. The Hall–Kier alpha value is -0.570. The molecule has 0 fully saturated rings. The minimum Gasteiger partial charge on any atom is -0.351 e. The highest BCUT2D eigenvalue weighted by Crippen LogP contribution is 2.13. The quantitative estimate of drug-likeness (QED) is 0.650. The molecule has 0 aromatic carbocycles. The maximum absolute atomic E-state index is 11.2. The van der Waals surface area contributed by atoms with E-state index in [4.69, 9.17) is 5.73 Å². The summed E-state index contributed by atoms with van der Waals surface area (Å²) in [5, 5.41) is 2.97. The van der Waals surface area contributed by atoms with Crippen molar-refractivity contribution in [1.82, 2.24) is 5.32 Å². The average Bonchev–Trinajstić information content (AvgIpc) is 2.05. The Morgan fingerprint density at radius 2 is 1.92 bits per heavy atom. The molecule has 0 atom stereocenters. The topological polar surface area (TPSA) is 55.1 Å². The smallest absolute Gasteiger partial charge is 0.221 e. The van der Waals surface area contributed by atoms with Crippen LogP contribution < -0.4 is 11.1 Å². The lowest BCUT2D eigenvalue weighted by atomic mass is 9.95. The molecular formula is C9H20N2O. The predicted molar refractivity (Wildman–Crippen MR) is 50.8 cm³/mol. The Bertz CT molecular complexity index is 141. The van der Waals surface area contributed by atoms with Crippen molar-refractivity contribution < 1.29 is 4.79 Å². The van der Waals surface area contributed by atoms with E-state index in [0.717, 1.165) is 12.8 Å². The predicted octanol–water partition coefficient (Wildman–Crippen LogP) is 1.03. The second-order valence-corrected chi connectivity index (χ2v) is 3.35. The number of nitrogens with one attached hydrogen (secondary N) is 1. The van der Waals surface area contributed by atoms with Crippen LogP contribution in [0.2, 0.25) is 0 Å². The van der Waals surface area contributed by atoms with Crippen molar-refractivity contribution in [2.75, 3.05) is 6.54 Å². The summed E-state index contributed by atoms with van der Waals surface area (Å²) in [5.41, 5.74) is 5.22. The Morgan fingerprint density at radius 3 is 2.25 bits per heavy atom. The fourth-order valence-electron chi connectivity index (χ4n) is 0.957. The van der Waals surface area contributed by atoms with E-state index < -0.39 is 0 Å². The van der Waals surface area contributed by atoms with Crippen LogP contribution in [0.25, 0.3) is 0 Å². The molecule has 0 aliphatic carbocycles. The molecule has 0 bridgehead atoms. The highest BCUT2D eigenvalue weighted by atomic mass is 16.1. The van der Waals surface area contributed by atoms with E-state index in [9.17, 15) is 4.79 Å². The summed E-state index contributed by atoms with van der Waals surface area (Å²) < 4.78 is 0. The van der Waals surface area contributed by atoms with Gasteiger partial charge in [-0.15, -0.1) is 0 Å². The number of amides is 1. The molecule has 0 saturated carbocycles. The molecule has 0 saturated heterocycles. The lowest BCUT2D eigenvalue weighted by molar-refractivity contribution is -0.122. The zero-order chi connectivity index (χ0) is 9.61. The van der Waals surface area contributed by atoms with Crippen LogP contribution in [-0.4, -0.2) is 18.0 Å². The van der Waals surface area contributed by atoms with E-state index in [0.29, 0.717) is 13.0 Å². The first-order valence-electron chi connectivity index (χ1n) is 4.59. The minimum absolute atomic E-state index is 0.0494. The van der Waals surface area contributed by atoms with Crippen molar-refractivity contribution in [3.63, 3.8) is 0 Å². The highest BCUT2D eigenvalue weighted by Gasteiger charge is 2.20. The summed E-state index contributed by atoms with van der Waals surface area (Å²) in [5.74, 6) is 0.0590. The lowest BCUT2D eigenvalue weighted by Crippen LogP contribution is -2.45. The molecule has 0 aliphatic rings. The molecule has 1 amide bonds. The molecule has 0 heterocycles. The zero-order valence-corrected chi connectivity index (χ0v) is 8.31. The van der Waals surface area contributed by atoms with Crippen molar-refractivity contribution in [2.45, 2.75) is 45.6 Å². The second kappa shape index (κ2) is 5.14. The van der Waals surface area contributed by atoms with Gasteiger partial charge in [0.25, 0.3) is 0 Å². The standard InChI is InChI=1S/C9H20N2O/c1-4-9(3,5-2)11-8(12)6-7-10/h4-7,10H2,1-3H3,(H,11,12). The van der Waals surface area contributed by atoms with Gasteiger partial charge >= 0.3 is 0 Å². The maximum Gasteiger partial charge on any atom is 0.221 e. The number of hydrogen-bond donors (Lipinski definition) is 2. The number of carbonyl (C=O) groups excluding carboxylic acids is 1. The van der Waals surface area contributed by atoms with Gasteiger partial charge in [0.1, 0.15) is 0 Å². The van der Waals surface area contributed by atoms with E-state index in [1.54, 1.807) is 0 Å². The van der Waals surface area contributed by atoms with Gasteiger partial charge < -0.3 is 11.1 Å². The van der Waals surface area contributed by atoms with Crippen LogP contribution in [0, 0.1) is 0 Å². The number of nitrogens with two attached hydrogens (primary N) is 1. The molecule has 12 heavy (non-hydrogen) atoms. The zero-order valence-electron chi connectivity index (χ0n) is 8.31. The highest BCUT2D eigenvalue weighted by molar-refractivity contribution is 5.76. The lowest BCUT2D eigenvalue weighted by Gasteiger charge is -2.28. The van der Waals surface area contributed by atoms with Crippen LogP contribution in [0.15, 0.2) is 0 Å². The van der Waals surface area contributed by atoms with Crippen molar-refractivity contribution in [2.24, 2.45) is 5.73 Å². The van der Waals surface area contributed by atoms with Gasteiger partial charge in [-0.3, -0.25) is 4.79 Å². The van der Waals surface area contributed by atoms with Gasteiger partial charge in [-0.05, 0) is 19.8 Å². The summed E-state index contributed by atoms with van der Waals surface area (Å²) in [4.78, 5) is 11.2. The van der Waals surface area contributed by atoms with Gasteiger partial charge in [0.05, 0.1) is 0 Å². The van der Waals surface area contributed by atoms with Crippen molar-refractivity contribution in [3.05, 3.63) is 0 Å². The fraction of sp³-hybridized carbons (Fsp3) is 0.889. The van der Waals surface area contributed by atoms with E-state index in [-0.39, 0.29) is 11.4 Å². The molecule has 0 rings (SSSR count). The summed E-state index contributed by atoms with van der Waals surface area (Å²) in [6, 6.07) is 0. The normalized spacial score (nSPS) is 11.3. The van der Waals surface area contributed by atoms with Gasteiger partial charge in [0.2, 0.25) is 5.91 Å². The van der Waals surface area contributed by atoms with Gasteiger partial charge in [-0.2, -0.15) is 0 Å². The molecule has 3 heteroatoms. The van der Waals surface area contributed by atoms with E-state index >= 15 is 0 Å². The third kappa shape index (κ3) is 3.72. The minimum atomic E-state index is -0.0494. The number of rotatable bonds is 5. The molecule has 0 aliphatic heterocycles. The third-order valence-corrected chi connectivity index (χ3v) is 2.37.